The molecule has 5 rings (SSSR count). The molecule has 3 aromatic carbocycles. The Morgan fingerprint density at radius 1 is 0.844 bits per heavy atom. The number of halogens is 4. The highest BCUT2D eigenvalue weighted by molar-refractivity contribution is 6.33. The van der Waals surface area contributed by atoms with Crippen LogP contribution in [0.3, 0.4) is 0 Å². The second-order valence-electron chi connectivity index (χ2n) is 9.41. The topological polar surface area (TPSA) is 151 Å². The minimum Gasteiger partial charge on any atom is -0.334 e. The van der Waals surface area contributed by atoms with Gasteiger partial charge in [0.15, 0.2) is 0 Å². The van der Waals surface area contributed by atoms with Crippen molar-refractivity contribution < 1.29 is 32.1 Å². The van der Waals surface area contributed by atoms with Crippen LogP contribution in [0.15, 0.2) is 89.7 Å². The molecule has 2 heterocycles. The van der Waals surface area contributed by atoms with Crippen LogP contribution >= 0.6 is 11.6 Å². The Hall–Kier alpha value is -5.76. The van der Waals surface area contributed by atoms with Gasteiger partial charge in [-0.3, -0.25) is 14.6 Å². The monoisotopic (exact) mass is 635 g/mol. The Kier molecular flexibility index (Phi) is 8.76. The molecule has 0 radical (unpaired) electrons. The highest BCUT2D eigenvalue weighted by Crippen LogP contribution is 2.37. The molecule has 0 atom stereocenters. The van der Waals surface area contributed by atoms with Gasteiger partial charge in [0.25, 0.3) is 11.8 Å². The number of hydrogen-bond acceptors (Lipinski definition) is 7. The third-order valence-corrected chi connectivity index (χ3v) is 6.39. The summed E-state index contributed by atoms with van der Waals surface area (Å²) < 4.78 is 45.9. The Balaban J connectivity index is 1.27. The summed E-state index contributed by atoms with van der Waals surface area (Å²) >= 11 is 6.44. The number of amides is 4. The number of carbonyl (C=O) groups is 3. The van der Waals surface area contributed by atoms with E-state index in [0.29, 0.717) is 28.4 Å². The third-order valence-electron chi connectivity index (χ3n) is 6.08. The SMILES string of the molecule is CC(=O)Nc1ccc(NC(=O)Nc2cccc(-c3nc(-c4ccc(NC(=O)c5cccnc5)cc4Cl)no3)c2)cc1C(F)(F)F. The van der Waals surface area contributed by atoms with Gasteiger partial charge in [-0.25, -0.2) is 4.79 Å². The Bertz CT molecular complexity index is 1900. The molecule has 0 saturated heterocycles. The van der Waals surface area contributed by atoms with Crippen molar-refractivity contribution in [2.24, 2.45) is 0 Å². The lowest BCUT2D eigenvalue weighted by Gasteiger charge is -2.15. The average molecular weight is 636 g/mol. The van der Waals surface area contributed by atoms with Gasteiger partial charge in [-0.15, -0.1) is 0 Å². The minimum absolute atomic E-state index is 0.0995. The molecule has 0 bridgehead atoms. The van der Waals surface area contributed by atoms with Crippen molar-refractivity contribution in [3.63, 3.8) is 0 Å². The molecule has 0 aliphatic rings. The molecular formula is C30H21ClF3N7O4. The first-order valence-corrected chi connectivity index (χ1v) is 13.4. The van der Waals surface area contributed by atoms with Crippen LogP contribution in [0.5, 0.6) is 0 Å². The molecule has 45 heavy (non-hydrogen) atoms. The van der Waals surface area contributed by atoms with E-state index in [2.05, 4.69) is 36.4 Å². The first-order chi connectivity index (χ1) is 21.5. The number of urea groups is 1. The zero-order chi connectivity index (χ0) is 32.1. The molecule has 15 heteroatoms. The maximum Gasteiger partial charge on any atom is 0.418 e. The molecule has 4 amide bonds. The zero-order valence-electron chi connectivity index (χ0n) is 23.1. The zero-order valence-corrected chi connectivity index (χ0v) is 23.8. The van der Waals surface area contributed by atoms with Gasteiger partial charge in [0.2, 0.25) is 11.7 Å². The molecular weight excluding hydrogens is 615 g/mol. The van der Waals surface area contributed by atoms with E-state index in [1.54, 1.807) is 48.7 Å². The average Bonchev–Trinajstić information content (AvgIpc) is 3.48. The van der Waals surface area contributed by atoms with Crippen LogP contribution in [0.4, 0.5) is 40.7 Å². The van der Waals surface area contributed by atoms with Crippen LogP contribution in [-0.2, 0) is 11.0 Å². The molecule has 0 aliphatic heterocycles. The molecule has 0 saturated carbocycles. The van der Waals surface area contributed by atoms with Crippen molar-refractivity contribution in [3.05, 3.63) is 101 Å². The second kappa shape index (κ2) is 12.9. The van der Waals surface area contributed by atoms with E-state index in [1.165, 1.54) is 24.4 Å². The highest BCUT2D eigenvalue weighted by atomic mass is 35.5. The van der Waals surface area contributed by atoms with E-state index in [9.17, 15) is 27.6 Å². The molecule has 2 aromatic heterocycles. The van der Waals surface area contributed by atoms with Crippen LogP contribution in [0.25, 0.3) is 22.8 Å². The molecule has 4 N–H and O–H groups in total. The Labute approximate surface area is 257 Å². The van der Waals surface area contributed by atoms with Gasteiger partial charge in [-0.05, 0) is 66.7 Å². The lowest BCUT2D eigenvalue weighted by molar-refractivity contribution is -0.136. The Morgan fingerprint density at radius 3 is 2.27 bits per heavy atom. The van der Waals surface area contributed by atoms with E-state index in [0.717, 1.165) is 13.0 Å². The van der Waals surface area contributed by atoms with Crippen molar-refractivity contribution in [1.29, 1.82) is 0 Å². The minimum atomic E-state index is -4.77. The lowest BCUT2D eigenvalue weighted by Crippen LogP contribution is -2.20. The summed E-state index contributed by atoms with van der Waals surface area (Å²) in [6.07, 6.45) is -1.78. The number of anilines is 4. The molecule has 0 unspecified atom stereocenters. The van der Waals surface area contributed by atoms with Gasteiger partial charge in [-0.1, -0.05) is 22.8 Å². The number of carbonyl (C=O) groups excluding carboxylic acids is 3. The van der Waals surface area contributed by atoms with Crippen LogP contribution in [-0.4, -0.2) is 33.0 Å². The van der Waals surface area contributed by atoms with Gasteiger partial charge in [0, 0.05) is 47.5 Å². The number of pyridine rings is 1. The van der Waals surface area contributed by atoms with Crippen LogP contribution in [0.2, 0.25) is 5.02 Å². The number of aromatic nitrogens is 3. The molecule has 228 valence electrons. The summed E-state index contributed by atoms with van der Waals surface area (Å²) in [7, 11) is 0. The van der Waals surface area contributed by atoms with E-state index < -0.39 is 29.4 Å². The summed E-state index contributed by atoms with van der Waals surface area (Å²) in [5.74, 6) is -0.764. The van der Waals surface area contributed by atoms with Gasteiger partial charge >= 0.3 is 12.2 Å². The number of alkyl halides is 3. The lowest BCUT2D eigenvalue weighted by atomic mass is 10.1. The molecule has 11 nitrogen and oxygen atoms in total. The summed E-state index contributed by atoms with van der Waals surface area (Å²) in [6, 6.07) is 16.5. The predicted octanol–water partition coefficient (Wildman–Crippen LogP) is 7.33. The van der Waals surface area contributed by atoms with E-state index in [4.69, 9.17) is 16.1 Å². The molecule has 0 spiro atoms. The van der Waals surface area contributed by atoms with Crippen molar-refractivity contribution in [3.8, 4) is 22.8 Å². The van der Waals surface area contributed by atoms with Crippen molar-refractivity contribution >= 4 is 52.2 Å². The van der Waals surface area contributed by atoms with E-state index in [1.807, 2.05) is 0 Å². The summed E-state index contributed by atoms with van der Waals surface area (Å²) in [5.41, 5.74) is 0.267. The van der Waals surface area contributed by atoms with Gasteiger partial charge in [-0.2, -0.15) is 18.2 Å². The van der Waals surface area contributed by atoms with Gasteiger partial charge in [0.1, 0.15) is 0 Å². The first kappa shape index (κ1) is 30.7. The van der Waals surface area contributed by atoms with Crippen molar-refractivity contribution in [2.75, 3.05) is 21.3 Å². The summed E-state index contributed by atoms with van der Waals surface area (Å²) in [5, 5.41) is 14.0. The largest absolute Gasteiger partial charge is 0.418 e. The number of hydrogen-bond donors (Lipinski definition) is 4. The molecule has 0 fully saturated rings. The van der Waals surface area contributed by atoms with Gasteiger partial charge < -0.3 is 25.8 Å². The maximum absolute atomic E-state index is 13.5. The maximum atomic E-state index is 13.5. The number of rotatable bonds is 7. The summed E-state index contributed by atoms with van der Waals surface area (Å²) in [6.45, 7) is 1.09. The summed E-state index contributed by atoms with van der Waals surface area (Å²) in [4.78, 5) is 44.6. The number of nitrogens with one attached hydrogen (secondary N) is 4. The fourth-order valence-electron chi connectivity index (χ4n) is 4.10. The second-order valence-corrected chi connectivity index (χ2v) is 9.82. The Morgan fingerprint density at radius 2 is 1.58 bits per heavy atom. The normalized spacial score (nSPS) is 11.0. The van der Waals surface area contributed by atoms with E-state index in [-0.39, 0.29) is 34.0 Å². The quantitative estimate of drug-likeness (QED) is 0.146. The van der Waals surface area contributed by atoms with E-state index >= 15 is 0 Å². The number of nitrogens with zero attached hydrogens (tertiary/aromatic N) is 3. The predicted molar refractivity (Wildman–Crippen MR) is 161 cm³/mol. The fourth-order valence-corrected chi connectivity index (χ4v) is 4.37. The standard InChI is InChI=1S/C30H21ClF3N7O4/c1-16(42)36-25-10-8-20(13-23(25)30(32,33)34)39-29(44)38-19-6-2-4-17(12-19)28-40-26(41-45-28)22-9-7-21(14-24(22)31)37-27(43)18-5-3-11-35-15-18/h2-15H,1H3,(H,36,42)(H,37,43)(H2,38,39,44). The number of benzene rings is 3. The molecule has 5 aromatic rings. The highest BCUT2D eigenvalue weighted by Gasteiger charge is 2.34. The molecule has 0 aliphatic carbocycles. The van der Waals surface area contributed by atoms with Crippen LogP contribution in [0.1, 0.15) is 22.8 Å². The van der Waals surface area contributed by atoms with Gasteiger partial charge in [0.05, 0.1) is 21.8 Å². The van der Waals surface area contributed by atoms with Crippen molar-refractivity contribution in [1.82, 2.24) is 15.1 Å². The van der Waals surface area contributed by atoms with Crippen molar-refractivity contribution in [2.45, 2.75) is 13.1 Å². The smallest absolute Gasteiger partial charge is 0.334 e. The fraction of sp³-hybridized carbons (Fsp3) is 0.0667. The third kappa shape index (κ3) is 7.61. The first-order valence-electron chi connectivity index (χ1n) is 13.0. The van der Waals surface area contributed by atoms with Crippen LogP contribution in [0, 0.1) is 0 Å². The van der Waals surface area contributed by atoms with Crippen LogP contribution < -0.4 is 21.3 Å².